The SMILES string of the molecule is CO[C@H]1CN(C)C(=O)c2cc(NC(=O)NC(C)C)ccc2OC[C@H](C)N(Cc2ccc(-c3ccncc3)cc2)C[C@@H]1C. The molecule has 1 aliphatic heterocycles. The molecule has 1 aliphatic rings. The monoisotopic (exact) mass is 573 g/mol. The zero-order valence-electron chi connectivity index (χ0n) is 25.5. The molecule has 0 fully saturated rings. The number of rotatable bonds is 6. The van der Waals surface area contributed by atoms with Crippen LogP contribution in [0.5, 0.6) is 5.75 Å². The van der Waals surface area contributed by atoms with E-state index in [-0.39, 0.29) is 36.0 Å². The number of methoxy groups -OCH3 is 1. The lowest BCUT2D eigenvalue weighted by Crippen LogP contribution is -2.46. The average molecular weight is 574 g/mol. The first kappa shape index (κ1) is 31.0. The smallest absolute Gasteiger partial charge is 0.319 e. The van der Waals surface area contributed by atoms with Crippen LogP contribution in [0.25, 0.3) is 11.1 Å². The van der Waals surface area contributed by atoms with E-state index >= 15 is 0 Å². The molecule has 224 valence electrons. The van der Waals surface area contributed by atoms with Gasteiger partial charge in [-0.2, -0.15) is 0 Å². The minimum Gasteiger partial charge on any atom is -0.491 e. The van der Waals surface area contributed by atoms with Crippen molar-refractivity contribution in [2.24, 2.45) is 5.92 Å². The van der Waals surface area contributed by atoms with Crippen molar-refractivity contribution in [3.05, 3.63) is 78.1 Å². The number of nitrogens with zero attached hydrogens (tertiary/aromatic N) is 3. The van der Waals surface area contributed by atoms with E-state index in [2.05, 4.69) is 58.6 Å². The molecule has 0 spiro atoms. The molecule has 0 unspecified atom stereocenters. The van der Waals surface area contributed by atoms with Crippen molar-refractivity contribution in [1.82, 2.24) is 20.1 Å². The molecule has 1 aromatic heterocycles. The maximum absolute atomic E-state index is 13.6. The summed E-state index contributed by atoms with van der Waals surface area (Å²) in [6.45, 7) is 10.4. The number of anilines is 1. The highest BCUT2D eigenvalue weighted by molar-refractivity contribution is 5.99. The molecule has 4 rings (SSSR count). The van der Waals surface area contributed by atoms with E-state index < -0.39 is 0 Å². The Kier molecular flexibility index (Phi) is 10.5. The molecule has 0 saturated carbocycles. The number of hydrogen-bond acceptors (Lipinski definition) is 6. The van der Waals surface area contributed by atoms with E-state index in [1.54, 1.807) is 49.7 Å². The van der Waals surface area contributed by atoms with Crippen LogP contribution in [0.15, 0.2) is 67.0 Å². The molecule has 2 N–H and O–H groups in total. The Morgan fingerprint density at radius 2 is 1.74 bits per heavy atom. The largest absolute Gasteiger partial charge is 0.491 e. The van der Waals surface area contributed by atoms with Gasteiger partial charge in [0, 0.05) is 64.0 Å². The van der Waals surface area contributed by atoms with Crippen LogP contribution in [0.3, 0.4) is 0 Å². The van der Waals surface area contributed by atoms with Gasteiger partial charge in [-0.25, -0.2) is 4.79 Å². The topological polar surface area (TPSA) is 96.0 Å². The number of pyridine rings is 1. The summed E-state index contributed by atoms with van der Waals surface area (Å²) in [5.74, 6) is 0.444. The first-order valence-corrected chi connectivity index (χ1v) is 14.5. The zero-order valence-corrected chi connectivity index (χ0v) is 25.5. The molecular formula is C33H43N5O4. The Bertz CT molecular complexity index is 1330. The summed E-state index contributed by atoms with van der Waals surface area (Å²) in [6.07, 6.45) is 3.45. The molecule has 3 aromatic rings. The number of nitrogens with one attached hydrogen (secondary N) is 2. The van der Waals surface area contributed by atoms with Crippen molar-refractivity contribution in [3.63, 3.8) is 0 Å². The fraction of sp³-hybridized carbons (Fsp3) is 0.424. The van der Waals surface area contributed by atoms with Gasteiger partial charge in [0.15, 0.2) is 0 Å². The first-order chi connectivity index (χ1) is 20.1. The van der Waals surface area contributed by atoms with Gasteiger partial charge in [-0.1, -0.05) is 31.2 Å². The van der Waals surface area contributed by atoms with Gasteiger partial charge in [-0.05, 0) is 73.7 Å². The van der Waals surface area contributed by atoms with E-state index in [0.29, 0.717) is 30.2 Å². The molecule has 0 bridgehead atoms. The maximum atomic E-state index is 13.6. The van der Waals surface area contributed by atoms with Gasteiger partial charge in [0.2, 0.25) is 0 Å². The Labute approximate surface area is 249 Å². The normalized spacial score (nSPS) is 20.2. The number of fused-ring (bicyclic) bond motifs is 1. The van der Waals surface area contributed by atoms with Gasteiger partial charge < -0.3 is 25.0 Å². The number of likely N-dealkylation sites (N-methyl/N-ethyl adjacent to an activating group) is 1. The van der Waals surface area contributed by atoms with Gasteiger partial charge in [-0.3, -0.25) is 14.7 Å². The third kappa shape index (κ3) is 8.08. The summed E-state index contributed by atoms with van der Waals surface area (Å²) in [5, 5.41) is 5.62. The molecule has 3 atom stereocenters. The van der Waals surface area contributed by atoms with Crippen LogP contribution in [0.4, 0.5) is 10.5 Å². The van der Waals surface area contributed by atoms with Crippen LogP contribution in [-0.4, -0.2) is 78.8 Å². The lowest BCUT2D eigenvalue weighted by atomic mass is 10.0. The molecular weight excluding hydrogens is 530 g/mol. The van der Waals surface area contributed by atoms with Crippen molar-refractivity contribution in [1.29, 1.82) is 0 Å². The summed E-state index contributed by atoms with van der Waals surface area (Å²) in [4.78, 5) is 34.1. The Morgan fingerprint density at radius 1 is 1.05 bits per heavy atom. The van der Waals surface area contributed by atoms with Crippen LogP contribution < -0.4 is 15.4 Å². The van der Waals surface area contributed by atoms with E-state index in [9.17, 15) is 9.59 Å². The second-order valence-electron chi connectivity index (χ2n) is 11.4. The number of urea groups is 1. The van der Waals surface area contributed by atoms with E-state index in [1.807, 2.05) is 26.0 Å². The lowest BCUT2D eigenvalue weighted by Gasteiger charge is -2.36. The molecule has 9 heteroatoms. The average Bonchev–Trinajstić information content (AvgIpc) is 2.98. The number of benzene rings is 2. The molecule has 2 heterocycles. The van der Waals surface area contributed by atoms with Gasteiger partial charge in [0.1, 0.15) is 12.4 Å². The summed E-state index contributed by atoms with van der Waals surface area (Å²) >= 11 is 0. The van der Waals surface area contributed by atoms with E-state index in [0.717, 1.165) is 24.2 Å². The third-order valence-corrected chi connectivity index (χ3v) is 7.60. The van der Waals surface area contributed by atoms with Crippen LogP contribution in [-0.2, 0) is 11.3 Å². The number of carbonyl (C=O) groups is 2. The molecule has 42 heavy (non-hydrogen) atoms. The third-order valence-electron chi connectivity index (χ3n) is 7.60. The predicted molar refractivity (Wildman–Crippen MR) is 166 cm³/mol. The quantitative estimate of drug-likeness (QED) is 0.416. The van der Waals surface area contributed by atoms with Gasteiger partial charge >= 0.3 is 6.03 Å². The standard InChI is InChI=1S/C33H43N5O4/c1-22(2)35-33(40)36-28-11-12-30-29(17-28)32(39)37(5)20-31(41-6)23(3)18-38(24(4)21-42-30)19-25-7-9-26(10-8-25)27-13-15-34-16-14-27/h7-17,22-24,31H,18-21H2,1-6H3,(H2,35,36,40)/t23-,24-,31-/m0/s1. The highest BCUT2D eigenvalue weighted by Crippen LogP contribution is 2.27. The van der Waals surface area contributed by atoms with Crippen LogP contribution in [0.1, 0.15) is 43.6 Å². The van der Waals surface area contributed by atoms with Crippen molar-refractivity contribution < 1.29 is 19.1 Å². The zero-order chi connectivity index (χ0) is 30.2. The number of hydrogen-bond donors (Lipinski definition) is 2. The molecule has 0 saturated heterocycles. The number of ether oxygens (including phenoxy) is 2. The van der Waals surface area contributed by atoms with Crippen molar-refractivity contribution >= 4 is 17.6 Å². The minimum absolute atomic E-state index is 0.0119. The number of aromatic nitrogens is 1. The lowest BCUT2D eigenvalue weighted by molar-refractivity contribution is 0.00922. The second kappa shape index (κ2) is 14.3. The summed E-state index contributed by atoms with van der Waals surface area (Å²) < 4.78 is 12.2. The number of amides is 3. The van der Waals surface area contributed by atoms with Crippen molar-refractivity contribution in [2.75, 3.05) is 39.2 Å². The van der Waals surface area contributed by atoms with Crippen LogP contribution in [0, 0.1) is 5.92 Å². The summed E-state index contributed by atoms with van der Waals surface area (Å²) in [5.41, 5.74) is 4.41. The van der Waals surface area contributed by atoms with E-state index in [1.165, 1.54) is 5.56 Å². The summed E-state index contributed by atoms with van der Waals surface area (Å²) in [7, 11) is 3.47. The molecule has 9 nitrogen and oxygen atoms in total. The fourth-order valence-corrected chi connectivity index (χ4v) is 5.16. The van der Waals surface area contributed by atoms with Gasteiger partial charge in [-0.15, -0.1) is 0 Å². The second-order valence-corrected chi connectivity index (χ2v) is 11.4. The van der Waals surface area contributed by atoms with Crippen molar-refractivity contribution in [3.8, 4) is 16.9 Å². The van der Waals surface area contributed by atoms with Crippen molar-refractivity contribution in [2.45, 2.75) is 52.4 Å². The Balaban J connectivity index is 1.58. The predicted octanol–water partition coefficient (Wildman–Crippen LogP) is 5.28. The maximum Gasteiger partial charge on any atom is 0.319 e. The highest BCUT2D eigenvalue weighted by atomic mass is 16.5. The number of carbonyl (C=O) groups excluding carboxylic acids is 2. The van der Waals surface area contributed by atoms with Crippen LogP contribution in [0.2, 0.25) is 0 Å². The van der Waals surface area contributed by atoms with Gasteiger partial charge in [0.05, 0.1) is 11.7 Å². The van der Waals surface area contributed by atoms with Gasteiger partial charge in [0.25, 0.3) is 5.91 Å². The molecule has 0 radical (unpaired) electrons. The highest BCUT2D eigenvalue weighted by Gasteiger charge is 2.28. The Hall–Kier alpha value is -3.95. The minimum atomic E-state index is -0.328. The van der Waals surface area contributed by atoms with E-state index in [4.69, 9.17) is 9.47 Å². The van der Waals surface area contributed by atoms with Crippen LogP contribution >= 0.6 is 0 Å². The molecule has 3 amide bonds. The first-order valence-electron chi connectivity index (χ1n) is 14.5. The molecule has 2 aromatic carbocycles. The summed E-state index contributed by atoms with van der Waals surface area (Å²) in [6, 6.07) is 17.6. The Morgan fingerprint density at radius 3 is 2.40 bits per heavy atom. The molecule has 0 aliphatic carbocycles. The fourth-order valence-electron chi connectivity index (χ4n) is 5.16.